The molecule has 1 saturated heterocycles. The molecule has 8 heteroatoms. The van der Waals surface area contributed by atoms with Crippen molar-refractivity contribution in [3.8, 4) is 0 Å². The lowest BCUT2D eigenvalue weighted by atomic mass is 9.97. The van der Waals surface area contributed by atoms with Gasteiger partial charge in [0, 0.05) is 19.0 Å². The third-order valence-electron chi connectivity index (χ3n) is 3.83. The molecule has 0 spiro atoms. The number of hydrogen-bond acceptors (Lipinski definition) is 6. The highest BCUT2D eigenvalue weighted by atomic mass is 16.5. The van der Waals surface area contributed by atoms with Crippen LogP contribution in [0.1, 0.15) is 26.2 Å². The molecule has 0 aromatic heterocycles. The van der Waals surface area contributed by atoms with E-state index in [1.54, 1.807) is 0 Å². The molecule has 1 fully saturated rings. The Balaban J connectivity index is 2.43. The first-order chi connectivity index (χ1) is 10.4. The van der Waals surface area contributed by atoms with Crippen molar-refractivity contribution in [1.29, 1.82) is 0 Å². The highest BCUT2D eigenvalue weighted by molar-refractivity contribution is 5.99. The molecule has 120 valence electrons. The highest BCUT2D eigenvalue weighted by Crippen LogP contribution is 2.36. The summed E-state index contributed by atoms with van der Waals surface area (Å²) in [4.78, 5) is 48.9. The molecule has 2 amide bonds. The zero-order chi connectivity index (χ0) is 16.4. The molecule has 0 bridgehead atoms. The third kappa shape index (κ3) is 2.68. The van der Waals surface area contributed by atoms with Gasteiger partial charge in [-0.25, -0.2) is 9.59 Å². The predicted octanol–water partition coefficient (Wildman–Crippen LogP) is -0.514. The van der Waals surface area contributed by atoms with Gasteiger partial charge in [0.1, 0.15) is 12.1 Å². The van der Waals surface area contributed by atoms with E-state index in [0.717, 1.165) is 0 Å². The molecule has 2 heterocycles. The van der Waals surface area contributed by atoms with Crippen LogP contribution in [0.2, 0.25) is 0 Å². The zero-order valence-corrected chi connectivity index (χ0v) is 12.7. The molecule has 2 rings (SSSR count). The van der Waals surface area contributed by atoms with E-state index in [1.807, 2.05) is 0 Å². The summed E-state index contributed by atoms with van der Waals surface area (Å²) in [5, 5.41) is 2.51. The number of fused-ring (bicyclic) bond motifs is 1. The largest absolute Gasteiger partial charge is 0.467 e. The van der Waals surface area contributed by atoms with Gasteiger partial charge in [0.25, 0.3) is 0 Å². The molecule has 2 aliphatic rings. The van der Waals surface area contributed by atoms with Crippen LogP contribution in [-0.4, -0.2) is 55.0 Å². The fourth-order valence-corrected chi connectivity index (χ4v) is 2.91. The number of nitrogens with one attached hydrogen (secondary N) is 1. The summed E-state index contributed by atoms with van der Waals surface area (Å²) >= 11 is 0. The summed E-state index contributed by atoms with van der Waals surface area (Å²) in [6.45, 7) is 1.28. The number of allylic oxidation sites excluding steroid dienone is 1. The number of carbonyl (C=O) groups excluding carboxylic acids is 4. The monoisotopic (exact) mass is 310 g/mol. The molecule has 0 saturated carbocycles. The van der Waals surface area contributed by atoms with Crippen molar-refractivity contribution in [3.63, 3.8) is 0 Å². The Morgan fingerprint density at radius 1 is 1.23 bits per heavy atom. The quantitative estimate of drug-likeness (QED) is 0.704. The highest BCUT2D eigenvalue weighted by Gasteiger charge is 2.47. The van der Waals surface area contributed by atoms with E-state index < -0.39 is 29.9 Å². The van der Waals surface area contributed by atoms with Crippen LogP contribution in [-0.2, 0) is 28.7 Å². The van der Waals surface area contributed by atoms with E-state index in [1.165, 1.54) is 26.0 Å². The maximum atomic E-state index is 12.5. The molecule has 2 aliphatic heterocycles. The number of nitrogens with zero attached hydrogens (tertiary/aromatic N) is 1. The molecule has 8 nitrogen and oxygen atoms in total. The number of methoxy groups -OCH3 is 2. The first kappa shape index (κ1) is 16.0. The summed E-state index contributed by atoms with van der Waals surface area (Å²) in [7, 11) is 2.49. The lowest BCUT2D eigenvalue weighted by molar-refractivity contribution is -0.151. The normalized spacial score (nSPS) is 24.0. The summed E-state index contributed by atoms with van der Waals surface area (Å²) < 4.78 is 9.46. The molecule has 0 aromatic rings. The van der Waals surface area contributed by atoms with E-state index >= 15 is 0 Å². The van der Waals surface area contributed by atoms with Crippen LogP contribution in [0.25, 0.3) is 0 Å². The Bertz CT molecular complexity index is 568. The van der Waals surface area contributed by atoms with Gasteiger partial charge in [-0.1, -0.05) is 0 Å². The van der Waals surface area contributed by atoms with Gasteiger partial charge < -0.3 is 14.8 Å². The average molecular weight is 310 g/mol. The van der Waals surface area contributed by atoms with Crippen LogP contribution < -0.4 is 5.32 Å². The van der Waals surface area contributed by atoms with Gasteiger partial charge in [-0.2, -0.15) is 0 Å². The standard InChI is InChI=1S/C14H18N2O6/c1-7(17)15-9-6-8(13(19)21-2)10-4-5-11(14(20)22-3)16(10)12(9)18/h9,11H,4-6H2,1-3H3,(H,15,17)/t9-,11-/m1/s1. The SMILES string of the molecule is COC(=O)C1=C2CC[C@H](C(=O)OC)N2C(=O)[C@H](NC(C)=O)C1. The molecule has 2 atom stereocenters. The smallest absolute Gasteiger partial charge is 0.335 e. The molecule has 0 aliphatic carbocycles. The summed E-state index contributed by atoms with van der Waals surface area (Å²) in [5.74, 6) is -1.91. The van der Waals surface area contributed by atoms with E-state index in [-0.39, 0.29) is 12.3 Å². The van der Waals surface area contributed by atoms with Gasteiger partial charge in [0.05, 0.1) is 19.8 Å². The van der Waals surface area contributed by atoms with E-state index in [4.69, 9.17) is 9.47 Å². The summed E-state index contributed by atoms with van der Waals surface area (Å²) in [5.41, 5.74) is 0.793. The fourth-order valence-electron chi connectivity index (χ4n) is 2.91. The van der Waals surface area contributed by atoms with Crippen molar-refractivity contribution in [2.75, 3.05) is 14.2 Å². The lowest BCUT2D eigenvalue weighted by Gasteiger charge is -2.34. The van der Waals surface area contributed by atoms with E-state index in [9.17, 15) is 19.2 Å². The Morgan fingerprint density at radius 3 is 2.45 bits per heavy atom. The maximum Gasteiger partial charge on any atom is 0.335 e. The van der Waals surface area contributed by atoms with Crippen LogP contribution in [0.15, 0.2) is 11.3 Å². The van der Waals surface area contributed by atoms with Crippen molar-refractivity contribution in [2.24, 2.45) is 0 Å². The molecule has 22 heavy (non-hydrogen) atoms. The predicted molar refractivity (Wildman–Crippen MR) is 73.1 cm³/mol. The second-order valence-corrected chi connectivity index (χ2v) is 5.16. The minimum absolute atomic E-state index is 0.0603. The molecule has 0 unspecified atom stereocenters. The summed E-state index contributed by atoms with van der Waals surface area (Å²) in [6, 6.07) is -1.66. The molecular formula is C14H18N2O6. The van der Waals surface area contributed by atoms with Gasteiger partial charge in [-0.3, -0.25) is 14.5 Å². The first-order valence-electron chi connectivity index (χ1n) is 6.89. The lowest BCUT2D eigenvalue weighted by Crippen LogP contribution is -2.54. The minimum atomic E-state index is -0.888. The molecule has 0 aromatic carbocycles. The zero-order valence-electron chi connectivity index (χ0n) is 12.7. The number of hydrogen-bond donors (Lipinski definition) is 1. The van der Waals surface area contributed by atoms with Gasteiger partial charge in [-0.15, -0.1) is 0 Å². The average Bonchev–Trinajstić information content (AvgIpc) is 2.93. The number of carbonyl (C=O) groups is 4. The number of rotatable bonds is 3. The second-order valence-electron chi connectivity index (χ2n) is 5.16. The van der Waals surface area contributed by atoms with Crippen molar-refractivity contribution >= 4 is 23.8 Å². The number of ether oxygens (including phenoxy) is 2. The van der Waals surface area contributed by atoms with E-state index in [2.05, 4.69) is 5.32 Å². The van der Waals surface area contributed by atoms with Crippen LogP contribution in [0.4, 0.5) is 0 Å². The Morgan fingerprint density at radius 2 is 1.91 bits per heavy atom. The van der Waals surface area contributed by atoms with Crippen molar-refractivity contribution in [2.45, 2.75) is 38.3 Å². The first-order valence-corrected chi connectivity index (χ1v) is 6.89. The summed E-state index contributed by atoms with van der Waals surface area (Å²) in [6.07, 6.45) is 0.842. The van der Waals surface area contributed by atoms with Crippen molar-refractivity contribution < 1.29 is 28.7 Å². The van der Waals surface area contributed by atoms with Crippen LogP contribution in [0, 0.1) is 0 Å². The topological polar surface area (TPSA) is 102 Å². The number of amides is 2. The van der Waals surface area contributed by atoms with Crippen LogP contribution >= 0.6 is 0 Å². The molecular weight excluding hydrogens is 292 g/mol. The Labute approximate surface area is 127 Å². The van der Waals surface area contributed by atoms with Crippen LogP contribution in [0.5, 0.6) is 0 Å². The third-order valence-corrected chi connectivity index (χ3v) is 3.83. The second kappa shape index (κ2) is 6.17. The van der Waals surface area contributed by atoms with Gasteiger partial charge in [0.2, 0.25) is 11.8 Å². The maximum absolute atomic E-state index is 12.5. The van der Waals surface area contributed by atoms with Gasteiger partial charge in [0.15, 0.2) is 0 Å². The minimum Gasteiger partial charge on any atom is -0.467 e. The van der Waals surface area contributed by atoms with Crippen molar-refractivity contribution in [3.05, 3.63) is 11.3 Å². The van der Waals surface area contributed by atoms with Crippen LogP contribution in [0.3, 0.4) is 0 Å². The van der Waals surface area contributed by atoms with Crippen molar-refractivity contribution in [1.82, 2.24) is 10.2 Å². The molecule has 0 radical (unpaired) electrons. The Kier molecular flexibility index (Phi) is 4.48. The molecule has 1 N–H and O–H groups in total. The fraction of sp³-hybridized carbons (Fsp3) is 0.571. The van der Waals surface area contributed by atoms with E-state index in [0.29, 0.717) is 24.1 Å². The van der Waals surface area contributed by atoms with Gasteiger partial charge >= 0.3 is 11.9 Å². The van der Waals surface area contributed by atoms with Gasteiger partial charge in [-0.05, 0) is 12.8 Å². The number of esters is 2. The Hall–Kier alpha value is -2.38.